The van der Waals surface area contributed by atoms with Gasteiger partial charge in [0.05, 0.1) is 0 Å². The van der Waals surface area contributed by atoms with Crippen molar-refractivity contribution in [3.05, 3.63) is 35.4 Å². The molecule has 2 fully saturated rings. The van der Waals surface area contributed by atoms with Gasteiger partial charge < -0.3 is 25.4 Å². The number of rotatable bonds is 4. The van der Waals surface area contributed by atoms with Crippen molar-refractivity contribution >= 4 is 5.91 Å². The predicted molar refractivity (Wildman–Crippen MR) is 86.9 cm³/mol. The van der Waals surface area contributed by atoms with Crippen molar-refractivity contribution in [3.8, 4) is 0 Å². The van der Waals surface area contributed by atoms with E-state index in [4.69, 9.17) is 4.74 Å². The summed E-state index contributed by atoms with van der Waals surface area (Å²) in [5, 5.41) is 33.0. The smallest absolute Gasteiger partial charge is 0.217 e. The van der Waals surface area contributed by atoms with Crippen LogP contribution in [0.5, 0.6) is 0 Å². The summed E-state index contributed by atoms with van der Waals surface area (Å²) < 4.78 is 5.45. The maximum Gasteiger partial charge on any atom is 0.217 e. The molecule has 1 aliphatic carbocycles. The van der Waals surface area contributed by atoms with Crippen LogP contribution >= 0.6 is 0 Å². The van der Waals surface area contributed by atoms with Crippen LogP contribution in [-0.2, 0) is 16.0 Å². The van der Waals surface area contributed by atoms with Crippen LogP contribution in [0, 0.1) is 5.92 Å². The normalized spacial score (nSPS) is 33.8. The van der Waals surface area contributed by atoms with Crippen LogP contribution in [0.1, 0.15) is 43.4 Å². The first-order valence-corrected chi connectivity index (χ1v) is 8.51. The minimum Gasteiger partial charge on any atom is -0.388 e. The fourth-order valence-corrected chi connectivity index (χ4v) is 3.42. The topological polar surface area (TPSA) is 99.0 Å². The number of amides is 1. The fraction of sp³-hybridized carbons (Fsp3) is 0.611. The first kappa shape index (κ1) is 17.4. The van der Waals surface area contributed by atoms with Gasteiger partial charge in [0.25, 0.3) is 0 Å². The summed E-state index contributed by atoms with van der Waals surface area (Å²) in [6, 6.07) is 6.68. The Morgan fingerprint density at radius 1 is 1.17 bits per heavy atom. The number of hydrogen-bond acceptors (Lipinski definition) is 5. The molecule has 1 heterocycles. The monoisotopic (exact) mass is 335 g/mol. The lowest BCUT2D eigenvalue weighted by atomic mass is 9.81. The van der Waals surface area contributed by atoms with Gasteiger partial charge in [0.2, 0.25) is 5.91 Å². The molecule has 1 aliphatic heterocycles. The van der Waals surface area contributed by atoms with E-state index in [0.29, 0.717) is 5.56 Å². The van der Waals surface area contributed by atoms with Crippen LogP contribution in [0.3, 0.4) is 0 Å². The van der Waals surface area contributed by atoms with Gasteiger partial charge in [0, 0.05) is 6.92 Å². The molecule has 132 valence electrons. The lowest BCUT2D eigenvalue weighted by Gasteiger charge is -2.41. The number of nitrogens with one attached hydrogen (secondary N) is 1. The Labute approximate surface area is 141 Å². The van der Waals surface area contributed by atoms with Crippen LogP contribution in [0.4, 0.5) is 0 Å². The van der Waals surface area contributed by atoms with E-state index >= 15 is 0 Å². The largest absolute Gasteiger partial charge is 0.388 e. The summed E-state index contributed by atoms with van der Waals surface area (Å²) in [7, 11) is 0. The Morgan fingerprint density at radius 2 is 1.83 bits per heavy atom. The number of aliphatic hydroxyl groups excluding tert-OH is 3. The van der Waals surface area contributed by atoms with Crippen molar-refractivity contribution in [2.75, 3.05) is 0 Å². The number of carbonyl (C=O) groups is 1. The molecule has 0 bridgehead atoms. The number of aliphatic hydroxyl groups is 3. The van der Waals surface area contributed by atoms with Gasteiger partial charge in [0.1, 0.15) is 24.4 Å². The zero-order valence-corrected chi connectivity index (χ0v) is 13.8. The number of ether oxygens (including phenoxy) is 1. The molecule has 24 heavy (non-hydrogen) atoms. The van der Waals surface area contributed by atoms with Crippen LogP contribution < -0.4 is 5.32 Å². The molecule has 5 atom stereocenters. The van der Waals surface area contributed by atoms with E-state index in [-0.39, 0.29) is 0 Å². The minimum atomic E-state index is -1.38. The summed E-state index contributed by atoms with van der Waals surface area (Å²) in [5.41, 5.74) is 1.94. The van der Waals surface area contributed by atoms with Crippen LogP contribution in [0.15, 0.2) is 24.3 Å². The second kappa shape index (κ2) is 7.19. The summed E-state index contributed by atoms with van der Waals surface area (Å²) in [5.74, 6) is 0.363. The van der Waals surface area contributed by atoms with Crippen LogP contribution in [-0.4, -0.2) is 45.8 Å². The van der Waals surface area contributed by atoms with Crippen LogP contribution in [0.25, 0.3) is 0 Å². The van der Waals surface area contributed by atoms with Gasteiger partial charge in [-0.25, -0.2) is 0 Å². The molecule has 1 saturated carbocycles. The van der Waals surface area contributed by atoms with Crippen LogP contribution in [0.2, 0.25) is 0 Å². The van der Waals surface area contributed by atoms with Gasteiger partial charge in [-0.3, -0.25) is 4.79 Å². The SMILES string of the molecule is CC(=O)N[C@H]1C(O)O[C@H](c2ccc(CC3CCC3)cc2)[C@H](O)[C@@H]1O. The molecular formula is C18H25NO5. The average Bonchev–Trinajstić information content (AvgIpc) is 2.51. The van der Waals surface area contributed by atoms with Gasteiger partial charge >= 0.3 is 0 Å². The van der Waals surface area contributed by atoms with Crippen molar-refractivity contribution in [1.29, 1.82) is 0 Å². The Hall–Kier alpha value is -1.47. The third kappa shape index (κ3) is 3.62. The van der Waals surface area contributed by atoms with Gasteiger partial charge in [-0.1, -0.05) is 43.5 Å². The molecule has 2 aliphatic rings. The summed E-state index contributed by atoms with van der Waals surface area (Å²) in [6.07, 6.45) is 0.189. The highest BCUT2D eigenvalue weighted by atomic mass is 16.6. The first-order chi connectivity index (χ1) is 11.5. The second-order valence-electron chi connectivity index (χ2n) is 6.90. The van der Waals surface area contributed by atoms with Gasteiger partial charge in [-0.2, -0.15) is 0 Å². The van der Waals surface area contributed by atoms with Crippen molar-refractivity contribution < 1.29 is 24.9 Å². The van der Waals surface area contributed by atoms with Crippen molar-refractivity contribution in [3.63, 3.8) is 0 Å². The highest BCUT2D eigenvalue weighted by Gasteiger charge is 2.44. The second-order valence-corrected chi connectivity index (χ2v) is 6.90. The predicted octanol–water partition coefficient (Wildman–Crippen LogP) is 0.645. The Morgan fingerprint density at radius 3 is 2.38 bits per heavy atom. The van der Waals surface area contributed by atoms with Gasteiger partial charge in [0.15, 0.2) is 6.29 Å². The van der Waals surface area contributed by atoms with E-state index in [1.807, 2.05) is 24.3 Å². The Kier molecular flexibility index (Phi) is 5.20. The van der Waals surface area contributed by atoms with Gasteiger partial charge in [-0.05, 0) is 23.5 Å². The molecule has 1 amide bonds. The molecule has 3 rings (SSSR count). The van der Waals surface area contributed by atoms with E-state index in [1.165, 1.54) is 31.7 Å². The summed E-state index contributed by atoms with van der Waals surface area (Å²) >= 11 is 0. The first-order valence-electron chi connectivity index (χ1n) is 8.51. The average molecular weight is 335 g/mol. The molecule has 1 aromatic carbocycles. The minimum absolute atomic E-state index is 0.410. The van der Waals surface area contributed by atoms with E-state index in [1.54, 1.807) is 0 Å². The number of benzene rings is 1. The maximum absolute atomic E-state index is 11.1. The van der Waals surface area contributed by atoms with E-state index in [9.17, 15) is 20.1 Å². The third-order valence-corrected chi connectivity index (χ3v) is 5.05. The molecule has 1 unspecified atom stereocenters. The highest BCUT2D eigenvalue weighted by molar-refractivity contribution is 5.73. The van der Waals surface area contributed by atoms with Crippen molar-refractivity contribution in [2.45, 2.75) is 63.3 Å². The standard InChI is InChI=1S/C18H25NO5/c1-10(20)19-14-15(21)16(22)17(24-18(14)23)13-7-5-12(6-8-13)9-11-3-2-4-11/h5-8,11,14-18,21-23H,2-4,9H2,1H3,(H,19,20)/t14-,15-,16-,17-,18?/m1/s1. The lowest BCUT2D eigenvalue weighted by Crippen LogP contribution is -2.60. The molecule has 0 spiro atoms. The molecule has 1 aromatic rings. The van der Waals surface area contributed by atoms with E-state index < -0.39 is 36.6 Å². The molecule has 1 saturated heterocycles. The Bertz CT molecular complexity index is 571. The van der Waals surface area contributed by atoms with E-state index in [0.717, 1.165) is 12.3 Å². The third-order valence-electron chi connectivity index (χ3n) is 5.05. The highest BCUT2D eigenvalue weighted by Crippen LogP contribution is 2.33. The summed E-state index contributed by atoms with van der Waals surface area (Å²) in [6.45, 7) is 1.28. The molecule has 0 radical (unpaired) electrons. The molecule has 6 nitrogen and oxygen atoms in total. The Balaban J connectivity index is 1.68. The summed E-state index contributed by atoms with van der Waals surface area (Å²) in [4.78, 5) is 11.1. The van der Waals surface area contributed by atoms with Crippen molar-refractivity contribution in [2.24, 2.45) is 5.92 Å². The zero-order valence-electron chi connectivity index (χ0n) is 13.8. The number of carbonyl (C=O) groups excluding carboxylic acids is 1. The molecule has 4 N–H and O–H groups in total. The zero-order chi connectivity index (χ0) is 17.3. The van der Waals surface area contributed by atoms with Crippen molar-refractivity contribution in [1.82, 2.24) is 5.32 Å². The lowest BCUT2D eigenvalue weighted by molar-refractivity contribution is -0.250. The van der Waals surface area contributed by atoms with Gasteiger partial charge in [-0.15, -0.1) is 0 Å². The molecular weight excluding hydrogens is 310 g/mol. The quantitative estimate of drug-likeness (QED) is 0.647. The maximum atomic E-state index is 11.1. The number of hydrogen-bond donors (Lipinski definition) is 4. The molecule has 6 heteroatoms. The fourth-order valence-electron chi connectivity index (χ4n) is 3.42. The molecule has 0 aromatic heterocycles. The van der Waals surface area contributed by atoms with E-state index in [2.05, 4.69) is 5.32 Å².